The van der Waals surface area contributed by atoms with Crippen LogP contribution in [-0.2, 0) is 0 Å². The highest BCUT2D eigenvalue weighted by Gasteiger charge is 2.32. The van der Waals surface area contributed by atoms with Gasteiger partial charge < -0.3 is 10.6 Å². The molecule has 1 aromatic carbocycles. The average Bonchev–Trinajstić information content (AvgIpc) is 2.87. The molecule has 1 aromatic rings. The zero-order valence-corrected chi connectivity index (χ0v) is 12.4. The monoisotopic (exact) mass is 280 g/mol. The lowest BCUT2D eigenvalue weighted by Gasteiger charge is -2.27. The van der Waals surface area contributed by atoms with Gasteiger partial charge >= 0.3 is 0 Å². The number of rotatable bonds is 4. The molecule has 1 fully saturated rings. The topological polar surface area (TPSA) is 24.1 Å². The Morgan fingerprint density at radius 2 is 1.94 bits per heavy atom. The van der Waals surface area contributed by atoms with Crippen LogP contribution in [-0.4, -0.2) is 22.7 Å². The predicted molar refractivity (Wildman–Crippen MR) is 85.4 cm³/mol. The second-order valence-electron chi connectivity index (χ2n) is 4.77. The lowest BCUT2D eigenvalue weighted by molar-refractivity contribution is 0.592. The van der Waals surface area contributed by atoms with Gasteiger partial charge in [-0.15, -0.1) is 0 Å². The number of para-hydroxylation sites is 1. The summed E-state index contributed by atoms with van der Waals surface area (Å²) in [4.78, 5) is 0. The summed E-state index contributed by atoms with van der Waals surface area (Å²) in [6.07, 6.45) is 7.51. The van der Waals surface area contributed by atoms with E-state index in [0.29, 0.717) is 4.75 Å². The van der Waals surface area contributed by atoms with Crippen molar-refractivity contribution in [2.24, 2.45) is 0 Å². The van der Waals surface area contributed by atoms with Crippen molar-refractivity contribution in [1.82, 2.24) is 5.32 Å². The molecule has 2 rings (SSSR count). The summed E-state index contributed by atoms with van der Waals surface area (Å²) >= 11 is 7.31. The summed E-state index contributed by atoms with van der Waals surface area (Å²) in [7, 11) is 0. The van der Waals surface area contributed by atoms with Gasteiger partial charge in [-0.25, -0.2) is 0 Å². The highest BCUT2D eigenvalue weighted by atomic mass is 32.2. The van der Waals surface area contributed by atoms with Crippen molar-refractivity contribution in [3.63, 3.8) is 0 Å². The summed E-state index contributed by atoms with van der Waals surface area (Å²) in [5, 5.41) is 7.31. The molecule has 0 radical (unpaired) electrons. The Labute approximate surface area is 119 Å². The van der Waals surface area contributed by atoms with Crippen LogP contribution in [0, 0.1) is 0 Å². The van der Waals surface area contributed by atoms with Crippen LogP contribution in [0.25, 0.3) is 0 Å². The van der Waals surface area contributed by atoms with Gasteiger partial charge in [0.1, 0.15) is 0 Å². The minimum Gasteiger partial charge on any atom is -0.361 e. The van der Waals surface area contributed by atoms with E-state index in [2.05, 4.69) is 16.9 Å². The van der Waals surface area contributed by atoms with E-state index in [4.69, 9.17) is 12.2 Å². The second kappa shape index (κ2) is 6.43. The van der Waals surface area contributed by atoms with E-state index in [1.165, 1.54) is 25.7 Å². The first-order chi connectivity index (χ1) is 8.74. The Kier molecular flexibility index (Phi) is 4.89. The fourth-order valence-electron chi connectivity index (χ4n) is 2.41. The maximum absolute atomic E-state index is 5.34. The van der Waals surface area contributed by atoms with Gasteiger partial charge in [0.05, 0.1) is 0 Å². The van der Waals surface area contributed by atoms with Gasteiger partial charge in [0.25, 0.3) is 0 Å². The van der Waals surface area contributed by atoms with Crippen molar-refractivity contribution in [2.75, 3.05) is 18.1 Å². The largest absolute Gasteiger partial charge is 0.361 e. The molecular weight excluding hydrogens is 260 g/mol. The highest BCUT2D eigenvalue weighted by Crippen LogP contribution is 2.39. The molecule has 0 aromatic heterocycles. The van der Waals surface area contributed by atoms with Crippen LogP contribution in [0.15, 0.2) is 30.3 Å². The minimum absolute atomic E-state index is 0.391. The van der Waals surface area contributed by atoms with Gasteiger partial charge in [-0.1, -0.05) is 31.0 Å². The Morgan fingerprint density at radius 1 is 1.28 bits per heavy atom. The smallest absolute Gasteiger partial charge is 0.170 e. The first-order valence-corrected chi connectivity index (χ1v) is 8.02. The number of thioether (sulfide) groups is 1. The fraction of sp³-hybridized carbons (Fsp3) is 0.500. The van der Waals surface area contributed by atoms with E-state index in [1.807, 2.05) is 42.1 Å². The Bertz CT molecular complexity index is 386. The van der Waals surface area contributed by atoms with E-state index >= 15 is 0 Å². The van der Waals surface area contributed by atoms with Crippen LogP contribution in [0.4, 0.5) is 5.69 Å². The van der Waals surface area contributed by atoms with Gasteiger partial charge in [0.15, 0.2) is 5.11 Å². The predicted octanol–water partition coefficient (Wildman–Crippen LogP) is 3.65. The van der Waals surface area contributed by atoms with Crippen LogP contribution in [0.3, 0.4) is 0 Å². The molecule has 0 atom stereocenters. The summed E-state index contributed by atoms with van der Waals surface area (Å²) in [6, 6.07) is 10.1. The summed E-state index contributed by atoms with van der Waals surface area (Å²) in [5.41, 5.74) is 1.04. The van der Waals surface area contributed by atoms with E-state index in [9.17, 15) is 0 Å². The summed E-state index contributed by atoms with van der Waals surface area (Å²) in [6.45, 7) is 0.965. The van der Waals surface area contributed by atoms with Gasteiger partial charge in [-0.3, -0.25) is 0 Å². The molecule has 2 N–H and O–H groups in total. The molecule has 0 heterocycles. The molecule has 1 aliphatic rings. The number of hydrogen-bond donors (Lipinski definition) is 2. The van der Waals surface area contributed by atoms with Crippen LogP contribution < -0.4 is 10.6 Å². The molecule has 98 valence electrons. The molecule has 0 bridgehead atoms. The van der Waals surface area contributed by atoms with E-state index in [-0.39, 0.29) is 0 Å². The first kappa shape index (κ1) is 13.7. The molecule has 0 spiro atoms. The number of thiocarbonyl (C=S) groups is 1. The molecule has 2 nitrogen and oxygen atoms in total. The molecule has 0 saturated heterocycles. The lowest BCUT2D eigenvalue weighted by Crippen LogP contribution is -2.40. The molecule has 4 heteroatoms. The summed E-state index contributed by atoms with van der Waals surface area (Å²) in [5.74, 6) is 0. The van der Waals surface area contributed by atoms with Gasteiger partial charge in [0, 0.05) is 17.0 Å². The molecule has 1 aliphatic carbocycles. The maximum Gasteiger partial charge on any atom is 0.170 e. The molecular formula is C14H20N2S2. The van der Waals surface area contributed by atoms with E-state index in [1.54, 1.807) is 0 Å². The van der Waals surface area contributed by atoms with E-state index in [0.717, 1.165) is 17.3 Å². The van der Waals surface area contributed by atoms with Crippen molar-refractivity contribution in [1.29, 1.82) is 0 Å². The maximum atomic E-state index is 5.34. The van der Waals surface area contributed by atoms with Crippen LogP contribution >= 0.6 is 24.0 Å². The molecule has 18 heavy (non-hydrogen) atoms. The SMILES string of the molecule is CSC1(CNC(=S)Nc2ccccc2)CCCC1. The van der Waals surface area contributed by atoms with Gasteiger partial charge in [-0.2, -0.15) is 11.8 Å². The Balaban J connectivity index is 1.81. The zero-order valence-electron chi connectivity index (χ0n) is 10.7. The summed E-state index contributed by atoms with van der Waals surface area (Å²) < 4.78 is 0.391. The van der Waals surface area contributed by atoms with Gasteiger partial charge in [0.2, 0.25) is 0 Å². The number of benzene rings is 1. The third-order valence-electron chi connectivity index (χ3n) is 3.55. The zero-order chi connectivity index (χ0) is 12.8. The van der Waals surface area contributed by atoms with Crippen molar-refractivity contribution in [3.05, 3.63) is 30.3 Å². The van der Waals surface area contributed by atoms with Crippen LogP contribution in [0.2, 0.25) is 0 Å². The van der Waals surface area contributed by atoms with Crippen molar-refractivity contribution in [3.8, 4) is 0 Å². The second-order valence-corrected chi connectivity index (χ2v) is 6.45. The van der Waals surface area contributed by atoms with Crippen molar-refractivity contribution < 1.29 is 0 Å². The standard InChI is InChI=1S/C14H20N2S2/c1-18-14(9-5-6-10-14)11-15-13(17)16-12-7-3-2-4-8-12/h2-4,7-8H,5-6,9-11H2,1H3,(H2,15,16,17). The minimum atomic E-state index is 0.391. The number of hydrogen-bond acceptors (Lipinski definition) is 2. The fourth-order valence-corrected chi connectivity index (χ4v) is 3.51. The lowest BCUT2D eigenvalue weighted by atomic mass is 10.1. The molecule has 0 unspecified atom stereocenters. The molecule has 0 amide bonds. The van der Waals surface area contributed by atoms with Gasteiger partial charge in [-0.05, 0) is 43.4 Å². The van der Waals surface area contributed by atoms with Crippen LogP contribution in [0.1, 0.15) is 25.7 Å². The molecule has 1 saturated carbocycles. The quantitative estimate of drug-likeness (QED) is 0.822. The highest BCUT2D eigenvalue weighted by molar-refractivity contribution is 8.00. The number of anilines is 1. The first-order valence-electron chi connectivity index (χ1n) is 6.39. The van der Waals surface area contributed by atoms with Crippen LogP contribution in [0.5, 0.6) is 0 Å². The third kappa shape index (κ3) is 3.62. The Hall–Kier alpha value is -0.740. The normalized spacial score (nSPS) is 17.4. The molecule has 0 aliphatic heterocycles. The third-order valence-corrected chi connectivity index (χ3v) is 5.22. The van der Waals surface area contributed by atoms with Crippen molar-refractivity contribution in [2.45, 2.75) is 30.4 Å². The Morgan fingerprint density at radius 3 is 2.56 bits per heavy atom. The van der Waals surface area contributed by atoms with Crippen molar-refractivity contribution >= 4 is 34.8 Å². The number of nitrogens with one attached hydrogen (secondary N) is 2. The average molecular weight is 280 g/mol. The van der Waals surface area contributed by atoms with E-state index < -0.39 is 0 Å².